The molecule has 1 heterocycles. The van der Waals surface area contributed by atoms with E-state index in [0.29, 0.717) is 0 Å². The van der Waals surface area contributed by atoms with E-state index in [9.17, 15) is 0 Å². The van der Waals surface area contributed by atoms with Crippen molar-refractivity contribution in [2.45, 2.75) is 18.6 Å². The molecule has 0 N–H and O–H groups in total. The molecule has 0 radical (unpaired) electrons. The number of rotatable bonds is 1. The molecule has 0 unspecified atom stereocenters. The molecule has 0 atom stereocenters. The molecule has 1 fully saturated rings. The summed E-state index contributed by atoms with van der Waals surface area (Å²) in [7, 11) is 0. The fourth-order valence-electron chi connectivity index (χ4n) is 0.959. The van der Waals surface area contributed by atoms with Gasteiger partial charge in [0.05, 0.1) is 5.48 Å². The van der Waals surface area contributed by atoms with Crippen LogP contribution in [0.1, 0.15) is 36.5 Å². The molecule has 1 nitrogen and oxygen atoms in total. The highest BCUT2D eigenvalue weighted by molar-refractivity contribution is 9.10. The SMILES string of the molecule is [2H]c1c([2H])c(C2([2H])C([2H])([2H])COCC2([2H])[2H])c([2H])c([2H])c1Br. The van der Waals surface area contributed by atoms with Crippen molar-refractivity contribution in [1.29, 1.82) is 0 Å². The molecule has 1 aliphatic heterocycles. The van der Waals surface area contributed by atoms with Crippen LogP contribution >= 0.6 is 15.9 Å². The van der Waals surface area contributed by atoms with Gasteiger partial charge >= 0.3 is 0 Å². The van der Waals surface area contributed by atoms with Crippen LogP contribution in [-0.2, 0) is 4.74 Å². The third kappa shape index (κ3) is 2.32. The minimum absolute atomic E-state index is 0.108. The van der Waals surface area contributed by atoms with Gasteiger partial charge in [0.2, 0.25) is 0 Å². The Hall–Kier alpha value is -0.340. The second-order valence-corrected chi connectivity index (χ2v) is 3.20. The molecule has 2 heteroatoms. The highest BCUT2D eigenvalue weighted by Crippen LogP contribution is 2.27. The van der Waals surface area contributed by atoms with Crippen LogP contribution in [0.2, 0.25) is 0 Å². The smallest absolute Gasteiger partial charge is 0.0635 e. The van der Waals surface area contributed by atoms with Gasteiger partial charge in [0.1, 0.15) is 0 Å². The van der Waals surface area contributed by atoms with Crippen LogP contribution in [0.3, 0.4) is 0 Å². The van der Waals surface area contributed by atoms with Crippen molar-refractivity contribution in [3.05, 3.63) is 34.2 Å². The van der Waals surface area contributed by atoms with Crippen LogP contribution in [-0.4, -0.2) is 13.2 Å². The Morgan fingerprint density at radius 2 is 2.00 bits per heavy atom. The second kappa shape index (κ2) is 4.25. The van der Waals surface area contributed by atoms with E-state index in [0.717, 1.165) is 0 Å². The normalized spacial score (nSPS) is 39.0. The zero-order valence-corrected chi connectivity index (χ0v) is 8.29. The lowest BCUT2D eigenvalue weighted by Crippen LogP contribution is -2.13. The lowest BCUT2D eigenvalue weighted by molar-refractivity contribution is 0.0853. The predicted molar refractivity (Wildman–Crippen MR) is 56.9 cm³/mol. The maximum absolute atomic E-state index is 8.46. The van der Waals surface area contributed by atoms with Crippen molar-refractivity contribution in [3.63, 3.8) is 0 Å². The molecule has 0 amide bonds. The Kier molecular flexibility index (Phi) is 1.10. The van der Waals surface area contributed by atoms with E-state index in [1.54, 1.807) is 0 Å². The summed E-state index contributed by atoms with van der Waals surface area (Å²) in [4.78, 5) is 0. The van der Waals surface area contributed by atoms with Gasteiger partial charge in [-0.1, -0.05) is 28.0 Å². The molecule has 2 rings (SSSR count). The number of benzene rings is 1. The third-order valence-corrected chi connectivity index (χ3v) is 1.94. The summed E-state index contributed by atoms with van der Waals surface area (Å²) in [6, 6.07) is -2.20. The number of hydrogen-bond donors (Lipinski definition) is 0. The first-order valence-corrected chi connectivity index (χ1v) is 4.52. The minimum Gasteiger partial charge on any atom is -0.381 e. The van der Waals surface area contributed by atoms with Gasteiger partial charge in [0, 0.05) is 24.5 Å². The van der Waals surface area contributed by atoms with E-state index >= 15 is 0 Å². The van der Waals surface area contributed by atoms with Crippen molar-refractivity contribution >= 4 is 15.9 Å². The molecule has 0 bridgehead atoms. The Balaban J connectivity index is 2.89. The van der Waals surface area contributed by atoms with Crippen molar-refractivity contribution in [2.75, 3.05) is 13.2 Å². The Bertz CT molecular complexity index is 585. The maximum atomic E-state index is 8.46. The van der Waals surface area contributed by atoms with Crippen LogP contribution in [0.25, 0.3) is 0 Å². The van der Waals surface area contributed by atoms with Gasteiger partial charge in [-0.05, 0) is 36.3 Å². The molecule has 0 aromatic heterocycles. The van der Waals surface area contributed by atoms with Crippen molar-refractivity contribution in [2.24, 2.45) is 0 Å². The van der Waals surface area contributed by atoms with Gasteiger partial charge in [-0.2, -0.15) is 0 Å². The predicted octanol–water partition coefficient (Wildman–Crippen LogP) is 3.34. The first kappa shape index (κ1) is 3.35. The van der Waals surface area contributed by atoms with E-state index in [1.165, 1.54) is 0 Å². The highest BCUT2D eigenvalue weighted by atomic mass is 79.9. The van der Waals surface area contributed by atoms with Crippen molar-refractivity contribution in [3.8, 4) is 0 Å². The lowest BCUT2D eigenvalue weighted by atomic mass is 9.92. The summed E-state index contributed by atoms with van der Waals surface area (Å²) < 4.78 is 76.7. The molecule has 0 spiro atoms. The quantitative estimate of drug-likeness (QED) is 0.742. The van der Waals surface area contributed by atoms with Crippen LogP contribution in [0.15, 0.2) is 28.6 Å². The van der Waals surface area contributed by atoms with Gasteiger partial charge in [0.15, 0.2) is 0 Å². The first-order chi connectivity index (χ1) is 9.88. The standard InChI is InChI=1S/C11H13BrO/c12-11-3-1-9(2-4-11)10-5-7-13-8-6-10/h1-4,10H,5-8H2/i1D,2D,3D,4D,5D2,6D2,10D. The Labute approximate surface area is 99.9 Å². The van der Waals surface area contributed by atoms with Crippen LogP contribution < -0.4 is 0 Å². The monoisotopic (exact) mass is 249 g/mol. The molecule has 1 aliphatic rings. The van der Waals surface area contributed by atoms with Gasteiger partial charge in [-0.15, -0.1) is 0 Å². The molecule has 1 aromatic rings. The van der Waals surface area contributed by atoms with Crippen molar-refractivity contribution in [1.82, 2.24) is 0 Å². The molecular formula is C11H13BrO. The number of hydrogen-bond acceptors (Lipinski definition) is 1. The van der Waals surface area contributed by atoms with Crippen LogP contribution in [0.5, 0.6) is 0 Å². The third-order valence-electron chi connectivity index (χ3n) is 1.55. The molecular weight excluding hydrogens is 228 g/mol. The zero-order chi connectivity index (χ0) is 17.1. The largest absolute Gasteiger partial charge is 0.381 e. The summed E-state index contributed by atoms with van der Waals surface area (Å²) in [6.45, 7) is -1.13. The van der Waals surface area contributed by atoms with E-state index in [1.807, 2.05) is 0 Å². The van der Waals surface area contributed by atoms with Gasteiger partial charge < -0.3 is 4.74 Å². The zero-order valence-electron chi connectivity index (χ0n) is 15.7. The summed E-state index contributed by atoms with van der Waals surface area (Å²) in [5.41, 5.74) is -0.594. The van der Waals surface area contributed by atoms with E-state index in [-0.39, 0.29) is 4.47 Å². The summed E-state index contributed by atoms with van der Waals surface area (Å²) >= 11 is 2.93. The van der Waals surface area contributed by atoms with Crippen LogP contribution in [0.4, 0.5) is 0 Å². The van der Waals surface area contributed by atoms with E-state index in [4.69, 9.17) is 17.1 Å². The number of ether oxygens (including phenoxy) is 1. The maximum Gasteiger partial charge on any atom is 0.0635 e. The van der Waals surface area contributed by atoms with E-state index in [2.05, 4.69) is 15.9 Å². The van der Waals surface area contributed by atoms with Gasteiger partial charge in [-0.25, -0.2) is 0 Å². The average Bonchev–Trinajstić information content (AvgIpc) is 2.40. The molecule has 1 saturated heterocycles. The molecule has 13 heavy (non-hydrogen) atoms. The fraction of sp³-hybridized carbons (Fsp3) is 0.455. The first-order valence-electron chi connectivity index (χ1n) is 8.22. The summed E-state index contributed by atoms with van der Waals surface area (Å²) in [5, 5.41) is 0. The number of halogens is 1. The molecule has 0 saturated carbocycles. The van der Waals surface area contributed by atoms with Crippen LogP contribution in [0, 0.1) is 0 Å². The van der Waals surface area contributed by atoms with E-state index < -0.39 is 61.6 Å². The molecule has 0 aliphatic carbocycles. The highest BCUT2D eigenvalue weighted by Gasteiger charge is 2.15. The lowest BCUT2D eigenvalue weighted by Gasteiger charge is -2.22. The Morgan fingerprint density at radius 1 is 1.38 bits per heavy atom. The van der Waals surface area contributed by atoms with Gasteiger partial charge in [0.25, 0.3) is 0 Å². The fourth-order valence-corrected chi connectivity index (χ4v) is 1.16. The van der Waals surface area contributed by atoms with Crippen molar-refractivity contribution < 1.29 is 17.1 Å². The second-order valence-electron chi connectivity index (χ2n) is 2.41. The summed E-state index contributed by atoms with van der Waals surface area (Å²) in [5.74, 6) is -2.63. The Morgan fingerprint density at radius 3 is 2.62 bits per heavy atom. The van der Waals surface area contributed by atoms with Gasteiger partial charge in [-0.3, -0.25) is 0 Å². The molecule has 1 aromatic carbocycles. The topological polar surface area (TPSA) is 9.23 Å². The molecule has 70 valence electrons. The minimum atomic E-state index is -2.63. The average molecular weight is 250 g/mol. The summed E-state index contributed by atoms with van der Waals surface area (Å²) in [6.07, 6.45) is -5.04.